The van der Waals surface area contributed by atoms with E-state index in [4.69, 9.17) is 4.74 Å². The van der Waals surface area contributed by atoms with Gasteiger partial charge < -0.3 is 15.0 Å². The van der Waals surface area contributed by atoms with Gasteiger partial charge >= 0.3 is 5.97 Å². The van der Waals surface area contributed by atoms with Crippen molar-refractivity contribution in [3.8, 4) is 0 Å². The van der Waals surface area contributed by atoms with Crippen molar-refractivity contribution in [2.75, 3.05) is 6.61 Å². The van der Waals surface area contributed by atoms with Gasteiger partial charge in [-0.1, -0.05) is 0 Å². The number of carbonyl (C=O) groups excluding carboxylic acids is 2. The second kappa shape index (κ2) is 7.03. The minimum absolute atomic E-state index is 0.0475. The number of fused-ring (bicyclic) bond motifs is 1. The standard InChI is InChI=1S/C18H21FN2O3/c1-2-24-18(23)11-3-6-14(7-4-11)20-17(22)16-10-12-9-13(19)5-8-15(12)21-16/h5,8-11,14,21H,2-4,6-7H2,1H3,(H,20,22)/t11-,14-. The van der Waals surface area contributed by atoms with Gasteiger partial charge in [0.25, 0.3) is 5.91 Å². The molecule has 0 atom stereocenters. The lowest BCUT2D eigenvalue weighted by atomic mass is 9.86. The SMILES string of the molecule is CCOC(=O)[C@H]1CC[C@H](NC(=O)c2cc3cc(F)ccc3[nH]2)CC1. The average molecular weight is 332 g/mol. The number of esters is 1. The van der Waals surface area contributed by atoms with Gasteiger partial charge in [0.15, 0.2) is 0 Å². The van der Waals surface area contributed by atoms with Crippen molar-refractivity contribution >= 4 is 22.8 Å². The number of rotatable bonds is 4. The van der Waals surface area contributed by atoms with Crippen LogP contribution in [-0.4, -0.2) is 29.5 Å². The zero-order valence-electron chi connectivity index (χ0n) is 13.6. The summed E-state index contributed by atoms with van der Waals surface area (Å²) in [4.78, 5) is 27.1. The fourth-order valence-electron chi connectivity index (χ4n) is 3.22. The summed E-state index contributed by atoms with van der Waals surface area (Å²) in [7, 11) is 0. The second-order valence-electron chi connectivity index (χ2n) is 6.19. The maximum atomic E-state index is 13.2. The first-order chi connectivity index (χ1) is 11.6. The number of carbonyl (C=O) groups is 2. The number of amides is 1. The lowest BCUT2D eigenvalue weighted by Crippen LogP contribution is -2.39. The molecule has 2 aromatic rings. The van der Waals surface area contributed by atoms with Crippen LogP contribution in [0.15, 0.2) is 24.3 Å². The van der Waals surface area contributed by atoms with Gasteiger partial charge in [-0.25, -0.2) is 4.39 Å². The number of aromatic amines is 1. The van der Waals surface area contributed by atoms with E-state index in [1.807, 2.05) is 0 Å². The summed E-state index contributed by atoms with van der Waals surface area (Å²) in [5, 5.41) is 3.66. The number of benzene rings is 1. The highest BCUT2D eigenvalue weighted by Crippen LogP contribution is 2.26. The predicted molar refractivity (Wildman–Crippen MR) is 88.1 cm³/mol. The fraction of sp³-hybridized carbons (Fsp3) is 0.444. The third-order valence-corrected chi connectivity index (χ3v) is 4.51. The molecule has 1 aromatic carbocycles. The van der Waals surface area contributed by atoms with Gasteiger partial charge in [0, 0.05) is 16.9 Å². The zero-order valence-corrected chi connectivity index (χ0v) is 13.6. The predicted octanol–water partition coefficient (Wildman–Crippen LogP) is 3.16. The van der Waals surface area contributed by atoms with Crippen LogP contribution in [0, 0.1) is 11.7 Å². The topological polar surface area (TPSA) is 71.2 Å². The van der Waals surface area contributed by atoms with Crippen LogP contribution in [-0.2, 0) is 9.53 Å². The maximum Gasteiger partial charge on any atom is 0.308 e. The van der Waals surface area contributed by atoms with Crippen molar-refractivity contribution in [1.82, 2.24) is 10.3 Å². The largest absolute Gasteiger partial charge is 0.466 e. The Morgan fingerprint density at radius 2 is 2.00 bits per heavy atom. The van der Waals surface area contributed by atoms with E-state index in [9.17, 15) is 14.0 Å². The Morgan fingerprint density at radius 3 is 2.71 bits per heavy atom. The van der Waals surface area contributed by atoms with E-state index in [0.717, 1.165) is 31.2 Å². The van der Waals surface area contributed by atoms with Crippen LogP contribution in [0.2, 0.25) is 0 Å². The molecule has 3 rings (SSSR count). The van der Waals surface area contributed by atoms with E-state index >= 15 is 0 Å². The molecule has 1 aliphatic carbocycles. The van der Waals surface area contributed by atoms with Crippen LogP contribution in [0.4, 0.5) is 4.39 Å². The highest BCUT2D eigenvalue weighted by molar-refractivity contribution is 5.98. The normalized spacial score (nSPS) is 20.8. The summed E-state index contributed by atoms with van der Waals surface area (Å²) in [6, 6.07) is 6.07. The summed E-state index contributed by atoms with van der Waals surface area (Å²) in [6.45, 7) is 2.20. The first kappa shape index (κ1) is 16.5. The first-order valence-corrected chi connectivity index (χ1v) is 8.32. The van der Waals surface area contributed by atoms with Crippen molar-refractivity contribution in [3.63, 3.8) is 0 Å². The van der Waals surface area contributed by atoms with E-state index in [0.29, 0.717) is 17.7 Å². The van der Waals surface area contributed by atoms with E-state index < -0.39 is 0 Å². The first-order valence-electron chi connectivity index (χ1n) is 8.32. The molecule has 1 fully saturated rings. The molecule has 6 heteroatoms. The van der Waals surface area contributed by atoms with Gasteiger partial charge in [0.1, 0.15) is 11.5 Å². The Hall–Kier alpha value is -2.37. The highest BCUT2D eigenvalue weighted by Gasteiger charge is 2.28. The Morgan fingerprint density at radius 1 is 1.25 bits per heavy atom. The lowest BCUT2D eigenvalue weighted by molar-refractivity contribution is -0.149. The van der Waals surface area contributed by atoms with Gasteiger partial charge in [-0.05, 0) is 56.9 Å². The molecule has 1 aromatic heterocycles. The number of aromatic nitrogens is 1. The molecule has 1 amide bonds. The monoisotopic (exact) mass is 332 g/mol. The van der Waals surface area contributed by atoms with Crippen molar-refractivity contribution in [2.24, 2.45) is 5.92 Å². The molecule has 0 unspecified atom stereocenters. The molecule has 128 valence electrons. The number of ether oxygens (including phenoxy) is 1. The van der Waals surface area contributed by atoms with E-state index in [1.54, 1.807) is 19.1 Å². The lowest BCUT2D eigenvalue weighted by Gasteiger charge is -2.27. The molecule has 0 radical (unpaired) electrons. The van der Waals surface area contributed by atoms with Gasteiger partial charge in [0.2, 0.25) is 0 Å². The molecule has 0 spiro atoms. The number of hydrogen-bond acceptors (Lipinski definition) is 3. The molecule has 1 saturated carbocycles. The smallest absolute Gasteiger partial charge is 0.308 e. The Balaban J connectivity index is 1.58. The number of H-pyrrole nitrogens is 1. The molecule has 5 nitrogen and oxygen atoms in total. The molecule has 0 aliphatic heterocycles. The molecular weight excluding hydrogens is 311 g/mol. The number of nitrogens with one attached hydrogen (secondary N) is 2. The highest BCUT2D eigenvalue weighted by atomic mass is 19.1. The van der Waals surface area contributed by atoms with Crippen molar-refractivity contribution in [1.29, 1.82) is 0 Å². The van der Waals surface area contributed by atoms with Crippen LogP contribution in [0.5, 0.6) is 0 Å². The molecule has 0 saturated heterocycles. The summed E-state index contributed by atoms with van der Waals surface area (Å²) in [5.41, 5.74) is 1.15. The maximum absolute atomic E-state index is 13.2. The third-order valence-electron chi connectivity index (χ3n) is 4.51. The van der Waals surface area contributed by atoms with Crippen LogP contribution in [0.1, 0.15) is 43.1 Å². The summed E-state index contributed by atoms with van der Waals surface area (Å²) < 4.78 is 18.3. The molecule has 1 heterocycles. The summed E-state index contributed by atoms with van der Waals surface area (Å²) in [6.07, 6.45) is 2.96. The average Bonchev–Trinajstić information content (AvgIpc) is 2.99. The van der Waals surface area contributed by atoms with Crippen LogP contribution >= 0.6 is 0 Å². The third kappa shape index (κ3) is 3.58. The van der Waals surface area contributed by atoms with E-state index in [-0.39, 0.29) is 29.7 Å². The minimum atomic E-state index is -0.328. The van der Waals surface area contributed by atoms with Crippen LogP contribution in [0.25, 0.3) is 10.9 Å². The zero-order chi connectivity index (χ0) is 17.1. The van der Waals surface area contributed by atoms with Crippen LogP contribution in [0.3, 0.4) is 0 Å². The Kier molecular flexibility index (Phi) is 4.83. The van der Waals surface area contributed by atoms with E-state index in [1.165, 1.54) is 12.1 Å². The molecule has 2 N–H and O–H groups in total. The molecule has 24 heavy (non-hydrogen) atoms. The fourth-order valence-corrected chi connectivity index (χ4v) is 3.22. The summed E-state index contributed by atoms with van der Waals surface area (Å²) in [5.74, 6) is -0.731. The van der Waals surface area contributed by atoms with Crippen molar-refractivity contribution < 1.29 is 18.7 Å². The Bertz CT molecular complexity index is 748. The molecule has 0 bridgehead atoms. The summed E-state index contributed by atoms with van der Waals surface area (Å²) >= 11 is 0. The van der Waals surface area contributed by atoms with Gasteiger partial charge in [-0.3, -0.25) is 9.59 Å². The van der Waals surface area contributed by atoms with Gasteiger partial charge in [0.05, 0.1) is 12.5 Å². The number of halogens is 1. The van der Waals surface area contributed by atoms with Crippen molar-refractivity contribution in [3.05, 3.63) is 35.8 Å². The minimum Gasteiger partial charge on any atom is -0.466 e. The Labute approximate surface area is 139 Å². The number of hydrogen-bond donors (Lipinski definition) is 2. The van der Waals surface area contributed by atoms with Crippen molar-refractivity contribution in [2.45, 2.75) is 38.6 Å². The van der Waals surface area contributed by atoms with Gasteiger partial charge in [-0.15, -0.1) is 0 Å². The van der Waals surface area contributed by atoms with Crippen LogP contribution < -0.4 is 5.32 Å². The van der Waals surface area contributed by atoms with Gasteiger partial charge in [-0.2, -0.15) is 0 Å². The van der Waals surface area contributed by atoms with E-state index in [2.05, 4.69) is 10.3 Å². The molecule has 1 aliphatic rings. The second-order valence-corrected chi connectivity index (χ2v) is 6.19. The molecular formula is C18H21FN2O3. The quantitative estimate of drug-likeness (QED) is 0.845.